The summed E-state index contributed by atoms with van der Waals surface area (Å²) in [6.45, 7) is 1.06. The number of rotatable bonds is 7. The molecule has 0 unspecified atom stereocenters. The van der Waals surface area contributed by atoms with Gasteiger partial charge in [0.05, 0.1) is 11.4 Å². The highest BCUT2D eigenvalue weighted by molar-refractivity contribution is 7.98. The second-order valence-electron chi connectivity index (χ2n) is 5.73. The molecule has 1 aromatic carbocycles. The van der Waals surface area contributed by atoms with E-state index >= 15 is 0 Å². The predicted octanol–water partition coefficient (Wildman–Crippen LogP) is 2.95. The Labute approximate surface area is 156 Å². The van der Waals surface area contributed by atoms with E-state index in [4.69, 9.17) is 0 Å². The van der Waals surface area contributed by atoms with Crippen molar-refractivity contribution in [3.8, 4) is 0 Å². The lowest BCUT2D eigenvalue weighted by atomic mass is 10.2. The third-order valence-electron chi connectivity index (χ3n) is 3.88. The zero-order chi connectivity index (χ0) is 17.7. The summed E-state index contributed by atoms with van der Waals surface area (Å²) < 4.78 is 25.4. The van der Waals surface area contributed by atoms with Crippen molar-refractivity contribution in [2.75, 3.05) is 28.9 Å². The van der Waals surface area contributed by atoms with Gasteiger partial charge in [0, 0.05) is 30.2 Å². The zero-order valence-corrected chi connectivity index (χ0v) is 16.1. The molecule has 0 spiro atoms. The van der Waals surface area contributed by atoms with Gasteiger partial charge in [-0.3, -0.25) is 9.10 Å². The van der Waals surface area contributed by atoms with Gasteiger partial charge in [-0.05, 0) is 47.0 Å². The number of hydrogen-bond donors (Lipinski definition) is 1. The van der Waals surface area contributed by atoms with E-state index < -0.39 is 10.0 Å². The van der Waals surface area contributed by atoms with Crippen molar-refractivity contribution < 1.29 is 13.2 Å². The smallest absolute Gasteiger partial charge is 0.251 e. The van der Waals surface area contributed by atoms with Gasteiger partial charge in [-0.1, -0.05) is 6.07 Å². The number of anilines is 1. The SMILES string of the molecule is O=C(NCCSCc1ccsc1)c1cccc(N2CCCS2(=O)=O)c1. The summed E-state index contributed by atoms with van der Waals surface area (Å²) in [7, 11) is -3.23. The lowest BCUT2D eigenvalue weighted by molar-refractivity contribution is 0.0956. The molecule has 1 fully saturated rings. The summed E-state index contributed by atoms with van der Waals surface area (Å²) >= 11 is 3.46. The third kappa shape index (κ3) is 4.77. The van der Waals surface area contributed by atoms with Crippen LogP contribution in [0.4, 0.5) is 5.69 Å². The molecule has 1 amide bonds. The van der Waals surface area contributed by atoms with Gasteiger partial charge >= 0.3 is 0 Å². The molecule has 0 bridgehead atoms. The fraction of sp³-hybridized carbons (Fsp3) is 0.353. The number of sulfonamides is 1. The Morgan fingerprint density at radius 3 is 2.92 bits per heavy atom. The Hall–Kier alpha value is -1.51. The zero-order valence-electron chi connectivity index (χ0n) is 13.7. The topological polar surface area (TPSA) is 66.5 Å². The van der Waals surface area contributed by atoms with Gasteiger partial charge in [0.15, 0.2) is 0 Å². The van der Waals surface area contributed by atoms with Gasteiger partial charge < -0.3 is 5.32 Å². The first-order valence-corrected chi connectivity index (χ1v) is 11.7. The van der Waals surface area contributed by atoms with Crippen LogP contribution in [0.15, 0.2) is 41.1 Å². The average Bonchev–Trinajstić information content (AvgIpc) is 3.23. The number of hydrogen-bond acceptors (Lipinski definition) is 5. The molecule has 1 aromatic heterocycles. The number of nitrogens with one attached hydrogen (secondary N) is 1. The maximum Gasteiger partial charge on any atom is 0.251 e. The number of amides is 1. The molecule has 1 N–H and O–H groups in total. The number of nitrogens with zero attached hydrogens (tertiary/aromatic N) is 1. The molecule has 8 heteroatoms. The molecule has 1 aliphatic rings. The number of thiophene rings is 1. The van der Waals surface area contributed by atoms with E-state index in [1.807, 2.05) is 0 Å². The van der Waals surface area contributed by atoms with Crippen LogP contribution in [0.3, 0.4) is 0 Å². The fourth-order valence-electron chi connectivity index (χ4n) is 2.64. The molecule has 0 atom stereocenters. The second-order valence-corrected chi connectivity index (χ2v) is 9.63. The molecule has 2 aromatic rings. The van der Waals surface area contributed by atoms with Gasteiger partial charge in [0.25, 0.3) is 5.91 Å². The van der Waals surface area contributed by atoms with Crippen molar-refractivity contribution in [1.29, 1.82) is 0 Å². The van der Waals surface area contributed by atoms with E-state index in [1.165, 1.54) is 9.87 Å². The molecule has 3 rings (SSSR count). The molecule has 0 radical (unpaired) electrons. The minimum atomic E-state index is -3.23. The van der Waals surface area contributed by atoms with E-state index in [0.717, 1.165) is 11.5 Å². The van der Waals surface area contributed by atoms with E-state index in [9.17, 15) is 13.2 Å². The summed E-state index contributed by atoms with van der Waals surface area (Å²) in [6, 6.07) is 8.92. The van der Waals surface area contributed by atoms with Crippen LogP contribution >= 0.6 is 23.1 Å². The largest absolute Gasteiger partial charge is 0.351 e. The molecule has 25 heavy (non-hydrogen) atoms. The van der Waals surface area contributed by atoms with Crippen LogP contribution < -0.4 is 9.62 Å². The van der Waals surface area contributed by atoms with E-state index in [-0.39, 0.29) is 11.7 Å². The minimum absolute atomic E-state index is 0.171. The van der Waals surface area contributed by atoms with Crippen molar-refractivity contribution in [3.05, 3.63) is 52.2 Å². The van der Waals surface area contributed by atoms with Gasteiger partial charge in [0.2, 0.25) is 10.0 Å². The van der Waals surface area contributed by atoms with Crippen LogP contribution in [0.5, 0.6) is 0 Å². The van der Waals surface area contributed by atoms with Crippen LogP contribution in [-0.4, -0.2) is 38.9 Å². The van der Waals surface area contributed by atoms with Crippen molar-refractivity contribution in [2.24, 2.45) is 0 Å². The first-order valence-electron chi connectivity index (χ1n) is 8.04. The molecular formula is C17H20N2O3S3. The molecule has 5 nitrogen and oxygen atoms in total. The standard InChI is InChI=1S/C17H20N2O3S3/c20-17(18-6-9-24-13-14-5-8-23-12-14)15-3-1-4-16(11-15)19-7-2-10-25(19,21)22/h1,3-5,8,11-12H,2,6-7,9-10,13H2,(H,18,20). The summed E-state index contributed by atoms with van der Waals surface area (Å²) in [5.41, 5.74) is 2.36. The van der Waals surface area contributed by atoms with Crippen LogP contribution in [0.2, 0.25) is 0 Å². The molecule has 2 heterocycles. The summed E-state index contributed by atoms with van der Waals surface area (Å²) in [4.78, 5) is 12.3. The van der Waals surface area contributed by atoms with Crippen molar-refractivity contribution in [1.82, 2.24) is 5.32 Å². The number of carbonyl (C=O) groups is 1. The van der Waals surface area contributed by atoms with Crippen LogP contribution in [0.25, 0.3) is 0 Å². The van der Waals surface area contributed by atoms with Crippen molar-refractivity contribution in [3.63, 3.8) is 0 Å². The summed E-state index contributed by atoms with van der Waals surface area (Å²) in [5, 5.41) is 7.08. The van der Waals surface area contributed by atoms with Crippen LogP contribution in [0.1, 0.15) is 22.3 Å². The molecule has 1 aliphatic heterocycles. The van der Waals surface area contributed by atoms with Crippen LogP contribution in [0, 0.1) is 0 Å². The third-order valence-corrected chi connectivity index (χ3v) is 7.51. The first kappa shape index (κ1) is 18.3. The van der Waals surface area contributed by atoms with E-state index in [2.05, 4.69) is 22.1 Å². The number of carbonyl (C=O) groups excluding carboxylic acids is 1. The molecule has 0 aliphatic carbocycles. The molecular weight excluding hydrogens is 376 g/mol. The van der Waals surface area contributed by atoms with Crippen molar-refractivity contribution in [2.45, 2.75) is 12.2 Å². The predicted molar refractivity (Wildman–Crippen MR) is 105 cm³/mol. The fourth-order valence-corrected chi connectivity index (χ4v) is 5.77. The maximum atomic E-state index is 12.3. The van der Waals surface area contributed by atoms with E-state index in [0.29, 0.717) is 30.8 Å². The Balaban J connectivity index is 1.51. The molecule has 134 valence electrons. The molecule has 1 saturated heterocycles. The summed E-state index contributed by atoms with van der Waals surface area (Å²) in [5.74, 6) is 1.78. The lowest BCUT2D eigenvalue weighted by Gasteiger charge is -2.17. The maximum absolute atomic E-state index is 12.3. The number of thioether (sulfide) groups is 1. The van der Waals surface area contributed by atoms with Gasteiger partial charge in [-0.25, -0.2) is 8.42 Å². The van der Waals surface area contributed by atoms with Gasteiger partial charge in [-0.2, -0.15) is 23.1 Å². The first-order chi connectivity index (χ1) is 12.1. The monoisotopic (exact) mass is 396 g/mol. The highest BCUT2D eigenvalue weighted by Gasteiger charge is 2.28. The van der Waals surface area contributed by atoms with Gasteiger partial charge in [-0.15, -0.1) is 0 Å². The quantitative estimate of drug-likeness (QED) is 0.731. The number of benzene rings is 1. The highest BCUT2D eigenvalue weighted by atomic mass is 32.2. The summed E-state index contributed by atoms with van der Waals surface area (Å²) in [6.07, 6.45) is 0.625. The normalized spacial score (nSPS) is 16.1. The lowest BCUT2D eigenvalue weighted by Crippen LogP contribution is -2.27. The van der Waals surface area contributed by atoms with E-state index in [1.54, 1.807) is 47.4 Å². The Kier molecular flexibility index (Phi) is 6.03. The Morgan fingerprint density at radius 1 is 1.32 bits per heavy atom. The molecule has 0 saturated carbocycles. The highest BCUT2D eigenvalue weighted by Crippen LogP contribution is 2.24. The van der Waals surface area contributed by atoms with Gasteiger partial charge in [0.1, 0.15) is 0 Å². The Bertz CT molecular complexity index is 819. The average molecular weight is 397 g/mol. The minimum Gasteiger partial charge on any atom is -0.351 e. The van der Waals surface area contributed by atoms with Crippen molar-refractivity contribution >= 4 is 44.7 Å². The Morgan fingerprint density at radius 2 is 2.20 bits per heavy atom. The van der Waals surface area contributed by atoms with Crippen LogP contribution in [-0.2, 0) is 15.8 Å². The second kappa shape index (κ2) is 8.25.